The highest BCUT2D eigenvalue weighted by Crippen LogP contribution is 2.28. The molecule has 2 aliphatic rings. The van der Waals surface area contributed by atoms with Gasteiger partial charge in [0.1, 0.15) is 5.82 Å². The zero-order valence-electron chi connectivity index (χ0n) is 11.2. The molecule has 104 valence electrons. The minimum Gasteiger partial charge on any atom is -0.381 e. The minimum absolute atomic E-state index is 0.136. The molecule has 1 aromatic rings. The fraction of sp³-hybridized carbons (Fsp3) is 0.600. The Kier molecular flexibility index (Phi) is 3.99. The van der Waals surface area contributed by atoms with E-state index in [1.54, 1.807) is 12.1 Å². The van der Waals surface area contributed by atoms with E-state index in [2.05, 4.69) is 10.2 Å². The smallest absolute Gasteiger partial charge is 0.125 e. The van der Waals surface area contributed by atoms with Crippen molar-refractivity contribution in [2.75, 3.05) is 37.7 Å². The fourth-order valence-corrected chi connectivity index (χ4v) is 2.96. The topological polar surface area (TPSA) is 24.5 Å². The standard InChI is InChI=1S/C15H21FN2O/c16-13-2-1-12-3-7-18(15(12)11-13)8-6-17-14-4-9-19-10-5-14/h1-2,11,14,17H,3-10H2. The van der Waals surface area contributed by atoms with Gasteiger partial charge in [0, 0.05) is 44.6 Å². The molecule has 4 heteroatoms. The molecule has 0 amide bonds. The summed E-state index contributed by atoms with van der Waals surface area (Å²) in [6, 6.07) is 5.72. The first-order valence-electron chi connectivity index (χ1n) is 7.17. The van der Waals surface area contributed by atoms with Gasteiger partial charge in [-0.3, -0.25) is 0 Å². The second kappa shape index (κ2) is 5.88. The van der Waals surface area contributed by atoms with E-state index >= 15 is 0 Å². The van der Waals surface area contributed by atoms with Gasteiger partial charge in [-0.15, -0.1) is 0 Å². The summed E-state index contributed by atoms with van der Waals surface area (Å²) in [7, 11) is 0. The van der Waals surface area contributed by atoms with Gasteiger partial charge in [-0.05, 0) is 37.0 Å². The van der Waals surface area contributed by atoms with Gasteiger partial charge in [0.15, 0.2) is 0 Å². The number of hydrogen-bond acceptors (Lipinski definition) is 3. The van der Waals surface area contributed by atoms with E-state index < -0.39 is 0 Å². The summed E-state index contributed by atoms with van der Waals surface area (Å²) in [4.78, 5) is 2.28. The van der Waals surface area contributed by atoms with Crippen LogP contribution in [0.2, 0.25) is 0 Å². The van der Waals surface area contributed by atoms with Crippen molar-refractivity contribution in [3.8, 4) is 0 Å². The molecule has 0 saturated carbocycles. The molecule has 0 aliphatic carbocycles. The highest BCUT2D eigenvalue weighted by Gasteiger charge is 2.19. The highest BCUT2D eigenvalue weighted by molar-refractivity contribution is 5.58. The summed E-state index contributed by atoms with van der Waals surface area (Å²) in [5.41, 5.74) is 2.35. The normalized spacial score (nSPS) is 19.7. The van der Waals surface area contributed by atoms with Gasteiger partial charge >= 0.3 is 0 Å². The van der Waals surface area contributed by atoms with Crippen molar-refractivity contribution >= 4 is 5.69 Å². The summed E-state index contributed by atoms with van der Waals surface area (Å²) < 4.78 is 18.6. The van der Waals surface area contributed by atoms with Crippen molar-refractivity contribution in [2.24, 2.45) is 0 Å². The lowest BCUT2D eigenvalue weighted by molar-refractivity contribution is 0.0783. The first kappa shape index (κ1) is 12.9. The Morgan fingerprint density at radius 3 is 3.00 bits per heavy atom. The van der Waals surface area contributed by atoms with E-state index in [0.29, 0.717) is 6.04 Å². The fourth-order valence-electron chi connectivity index (χ4n) is 2.96. The molecule has 1 aromatic carbocycles. The number of fused-ring (bicyclic) bond motifs is 1. The maximum atomic E-state index is 13.3. The Hall–Kier alpha value is -1.13. The summed E-state index contributed by atoms with van der Waals surface area (Å²) in [5.74, 6) is -0.136. The molecule has 2 aliphatic heterocycles. The van der Waals surface area contributed by atoms with Gasteiger partial charge in [0.2, 0.25) is 0 Å². The van der Waals surface area contributed by atoms with Crippen molar-refractivity contribution in [3.63, 3.8) is 0 Å². The van der Waals surface area contributed by atoms with Crippen LogP contribution in [0.25, 0.3) is 0 Å². The summed E-state index contributed by atoms with van der Waals surface area (Å²) in [5, 5.41) is 3.58. The van der Waals surface area contributed by atoms with Crippen LogP contribution < -0.4 is 10.2 Å². The summed E-state index contributed by atoms with van der Waals surface area (Å²) >= 11 is 0. The molecule has 0 atom stereocenters. The minimum atomic E-state index is -0.136. The van der Waals surface area contributed by atoms with Crippen molar-refractivity contribution in [2.45, 2.75) is 25.3 Å². The average molecular weight is 264 g/mol. The number of ether oxygens (including phenoxy) is 1. The first-order valence-corrected chi connectivity index (χ1v) is 7.17. The third-order valence-electron chi connectivity index (χ3n) is 4.08. The Morgan fingerprint density at radius 1 is 1.32 bits per heavy atom. The molecular formula is C15H21FN2O. The molecule has 19 heavy (non-hydrogen) atoms. The zero-order chi connectivity index (χ0) is 13.1. The van der Waals surface area contributed by atoms with Gasteiger partial charge in [-0.2, -0.15) is 0 Å². The van der Waals surface area contributed by atoms with Crippen LogP contribution in [0.1, 0.15) is 18.4 Å². The number of nitrogens with zero attached hydrogens (tertiary/aromatic N) is 1. The third-order valence-corrected chi connectivity index (χ3v) is 4.08. The number of halogens is 1. The molecule has 0 aromatic heterocycles. The van der Waals surface area contributed by atoms with Crippen LogP contribution in [0.5, 0.6) is 0 Å². The Bertz CT molecular complexity index is 432. The lowest BCUT2D eigenvalue weighted by atomic mass is 10.1. The number of anilines is 1. The van der Waals surface area contributed by atoms with Crippen molar-refractivity contribution in [1.29, 1.82) is 0 Å². The van der Waals surface area contributed by atoms with Crippen LogP contribution in [0.15, 0.2) is 18.2 Å². The lowest BCUT2D eigenvalue weighted by Gasteiger charge is -2.25. The van der Waals surface area contributed by atoms with Crippen molar-refractivity contribution < 1.29 is 9.13 Å². The molecule has 2 heterocycles. The van der Waals surface area contributed by atoms with Crippen LogP contribution in [0.3, 0.4) is 0 Å². The van der Waals surface area contributed by atoms with Crippen LogP contribution in [0.4, 0.5) is 10.1 Å². The van der Waals surface area contributed by atoms with E-state index in [4.69, 9.17) is 4.74 Å². The van der Waals surface area contributed by atoms with E-state index in [1.165, 1.54) is 5.56 Å². The Balaban J connectivity index is 1.50. The Morgan fingerprint density at radius 2 is 2.16 bits per heavy atom. The van der Waals surface area contributed by atoms with Crippen LogP contribution >= 0.6 is 0 Å². The molecule has 1 fully saturated rings. The third kappa shape index (κ3) is 3.07. The van der Waals surface area contributed by atoms with Crippen molar-refractivity contribution in [3.05, 3.63) is 29.6 Å². The largest absolute Gasteiger partial charge is 0.381 e. The highest BCUT2D eigenvalue weighted by atomic mass is 19.1. The molecular weight excluding hydrogens is 243 g/mol. The maximum Gasteiger partial charge on any atom is 0.125 e. The van der Waals surface area contributed by atoms with Crippen LogP contribution in [-0.2, 0) is 11.2 Å². The first-order chi connectivity index (χ1) is 9.33. The van der Waals surface area contributed by atoms with Gasteiger partial charge < -0.3 is 15.0 Å². The number of hydrogen-bond donors (Lipinski definition) is 1. The molecule has 1 N–H and O–H groups in total. The molecule has 0 spiro atoms. The number of nitrogens with one attached hydrogen (secondary N) is 1. The van der Waals surface area contributed by atoms with Crippen LogP contribution in [0, 0.1) is 5.82 Å². The lowest BCUT2D eigenvalue weighted by Crippen LogP contribution is -2.39. The SMILES string of the molecule is Fc1ccc2c(c1)N(CCNC1CCOCC1)CC2. The van der Waals surface area contributed by atoms with E-state index in [-0.39, 0.29) is 5.82 Å². The molecule has 3 rings (SSSR count). The van der Waals surface area contributed by atoms with E-state index in [9.17, 15) is 4.39 Å². The molecule has 0 radical (unpaired) electrons. The van der Waals surface area contributed by atoms with Gasteiger partial charge in [0.25, 0.3) is 0 Å². The van der Waals surface area contributed by atoms with Gasteiger partial charge in [-0.25, -0.2) is 4.39 Å². The predicted molar refractivity (Wildman–Crippen MR) is 74.2 cm³/mol. The molecule has 0 unspecified atom stereocenters. The summed E-state index contributed by atoms with van der Waals surface area (Å²) in [6.07, 6.45) is 3.24. The van der Waals surface area contributed by atoms with Gasteiger partial charge in [-0.1, -0.05) is 6.07 Å². The molecule has 0 bridgehead atoms. The monoisotopic (exact) mass is 264 g/mol. The van der Waals surface area contributed by atoms with Crippen LogP contribution in [-0.4, -0.2) is 38.9 Å². The van der Waals surface area contributed by atoms with Gasteiger partial charge in [0.05, 0.1) is 0 Å². The quantitative estimate of drug-likeness (QED) is 0.899. The number of benzene rings is 1. The van der Waals surface area contributed by atoms with E-state index in [0.717, 1.165) is 57.8 Å². The molecule has 1 saturated heterocycles. The maximum absolute atomic E-state index is 13.3. The summed E-state index contributed by atoms with van der Waals surface area (Å²) in [6.45, 7) is 4.66. The zero-order valence-corrected chi connectivity index (χ0v) is 11.2. The second-order valence-electron chi connectivity index (χ2n) is 5.35. The van der Waals surface area contributed by atoms with E-state index in [1.807, 2.05) is 6.07 Å². The Labute approximate surface area is 113 Å². The predicted octanol–water partition coefficient (Wildman–Crippen LogP) is 1.96. The second-order valence-corrected chi connectivity index (χ2v) is 5.35. The molecule has 3 nitrogen and oxygen atoms in total. The van der Waals surface area contributed by atoms with Crippen molar-refractivity contribution in [1.82, 2.24) is 5.32 Å². The number of rotatable bonds is 4. The average Bonchev–Trinajstić information content (AvgIpc) is 2.83.